The molecule has 0 aromatic heterocycles. The second kappa shape index (κ2) is 4.00. The van der Waals surface area contributed by atoms with Gasteiger partial charge >= 0.3 is 17.1 Å². The van der Waals surface area contributed by atoms with Gasteiger partial charge < -0.3 is 5.11 Å². The first-order chi connectivity index (χ1) is 7.77. The monoisotopic (exact) mass is 243 g/mol. The molecule has 10 nitrogen and oxygen atoms in total. The van der Waals surface area contributed by atoms with Gasteiger partial charge in [0, 0.05) is 0 Å². The fraction of sp³-hybridized carbons (Fsp3) is 0.143. The van der Waals surface area contributed by atoms with Gasteiger partial charge in [0.25, 0.3) is 0 Å². The van der Waals surface area contributed by atoms with Crippen molar-refractivity contribution < 1.29 is 19.9 Å². The molecule has 0 aliphatic heterocycles. The van der Waals surface area contributed by atoms with Gasteiger partial charge in [-0.2, -0.15) is 0 Å². The van der Waals surface area contributed by atoms with E-state index in [0.29, 0.717) is 6.07 Å². The normalized spacial score (nSPS) is 9.94. The molecule has 0 amide bonds. The smallest absolute Gasteiger partial charge is 0.353 e. The van der Waals surface area contributed by atoms with Crippen molar-refractivity contribution in [2.75, 3.05) is 0 Å². The summed E-state index contributed by atoms with van der Waals surface area (Å²) in [6, 6.07) is 0.362. The summed E-state index contributed by atoms with van der Waals surface area (Å²) >= 11 is 0. The molecule has 0 atom stereocenters. The number of rotatable bonds is 3. The topological polar surface area (TPSA) is 150 Å². The van der Waals surface area contributed by atoms with Gasteiger partial charge in [-0.1, -0.05) is 0 Å². The van der Waals surface area contributed by atoms with E-state index in [9.17, 15) is 35.4 Å². The van der Waals surface area contributed by atoms with E-state index in [1.807, 2.05) is 0 Å². The third kappa shape index (κ3) is 1.95. The van der Waals surface area contributed by atoms with Crippen LogP contribution in [0.4, 0.5) is 17.1 Å². The average molecular weight is 243 g/mol. The Hall–Kier alpha value is -2.78. The van der Waals surface area contributed by atoms with Gasteiger partial charge in [-0.15, -0.1) is 0 Å². The molecular formula is C7H5N3O7. The molecule has 0 radical (unpaired) electrons. The number of nitro groups is 3. The van der Waals surface area contributed by atoms with Crippen LogP contribution in [0.3, 0.4) is 0 Å². The molecule has 0 aliphatic carbocycles. The van der Waals surface area contributed by atoms with Crippen LogP contribution in [0.5, 0.6) is 5.75 Å². The van der Waals surface area contributed by atoms with Crippen LogP contribution < -0.4 is 0 Å². The summed E-state index contributed by atoms with van der Waals surface area (Å²) in [4.78, 5) is 28.4. The van der Waals surface area contributed by atoms with Crippen molar-refractivity contribution in [3.05, 3.63) is 42.0 Å². The molecule has 1 rings (SSSR count). The second-order valence-electron chi connectivity index (χ2n) is 3.01. The Balaban J connectivity index is 3.75. The molecule has 0 heterocycles. The highest BCUT2D eigenvalue weighted by atomic mass is 16.6. The fourth-order valence-electron chi connectivity index (χ4n) is 1.27. The van der Waals surface area contributed by atoms with Gasteiger partial charge in [-0.05, 0) is 6.92 Å². The van der Waals surface area contributed by atoms with Crippen molar-refractivity contribution >= 4 is 17.1 Å². The second-order valence-corrected chi connectivity index (χ2v) is 3.01. The van der Waals surface area contributed by atoms with Gasteiger partial charge in [0.15, 0.2) is 0 Å². The van der Waals surface area contributed by atoms with Gasteiger partial charge in [0.2, 0.25) is 5.75 Å². The molecule has 0 spiro atoms. The summed E-state index contributed by atoms with van der Waals surface area (Å²) in [7, 11) is 0. The predicted molar refractivity (Wildman–Crippen MR) is 52.8 cm³/mol. The minimum atomic E-state index is -1.11. The molecule has 0 fully saturated rings. The molecule has 1 aromatic carbocycles. The maximum absolute atomic E-state index is 10.6. The zero-order valence-electron chi connectivity index (χ0n) is 8.32. The maximum atomic E-state index is 10.6. The van der Waals surface area contributed by atoms with Gasteiger partial charge in [-0.3, -0.25) is 30.3 Å². The third-order valence-corrected chi connectivity index (χ3v) is 2.05. The van der Waals surface area contributed by atoms with Crippen LogP contribution in [0.25, 0.3) is 0 Å². The molecule has 0 unspecified atom stereocenters. The lowest BCUT2D eigenvalue weighted by atomic mass is 10.1. The summed E-state index contributed by atoms with van der Waals surface area (Å²) in [6.45, 7) is 0.994. The van der Waals surface area contributed by atoms with E-state index < -0.39 is 43.1 Å². The van der Waals surface area contributed by atoms with E-state index in [0.717, 1.165) is 6.92 Å². The molecule has 0 saturated carbocycles. The SMILES string of the molecule is Cc1c(O)c([N+](=O)[O-])cc([N+](=O)[O-])c1[N+](=O)[O-]. The molecule has 0 bridgehead atoms. The zero-order chi connectivity index (χ0) is 13.3. The van der Waals surface area contributed by atoms with Crippen LogP contribution in [0.15, 0.2) is 6.07 Å². The predicted octanol–water partition coefficient (Wildman–Crippen LogP) is 1.43. The summed E-state index contributed by atoms with van der Waals surface area (Å²) in [5.41, 5.74) is -3.45. The molecule has 17 heavy (non-hydrogen) atoms. The van der Waals surface area contributed by atoms with Crippen molar-refractivity contribution in [3.63, 3.8) is 0 Å². The van der Waals surface area contributed by atoms with E-state index in [1.165, 1.54) is 0 Å². The van der Waals surface area contributed by atoms with E-state index in [1.54, 1.807) is 0 Å². The van der Waals surface area contributed by atoms with Crippen LogP contribution in [-0.4, -0.2) is 19.9 Å². The molecule has 0 aliphatic rings. The lowest BCUT2D eigenvalue weighted by molar-refractivity contribution is -0.425. The maximum Gasteiger partial charge on any atom is 0.353 e. The van der Waals surface area contributed by atoms with Crippen molar-refractivity contribution in [3.8, 4) is 5.75 Å². The van der Waals surface area contributed by atoms with Crippen LogP contribution in [0, 0.1) is 37.3 Å². The van der Waals surface area contributed by atoms with E-state index >= 15 is 0 Å². The van der Waals surface area contributed by atoms with Gasteiger partial charge in [-0.25, -0.2) is 0 Å². The number of nitrogens with zero attached hydrogens (tertiary/aromatic N) is 3. The number of hydrogen-bond acceptors (Lipinski definition) is 7. The largest absolute Gasteiger partial charge is 0.502 e. The van der Waals surface area contributed by atoms with E-state index in [4.69, 9.17) is 0 Å². The molecule has 90 valence electrons. The number of aromatic hydroxyl groups is 1. The van der Waals surface area contributed by atoms with Crippen molar-refractivity contribution in [2.24, 2.45) is 0 Å². The lowest BCUT2D eigenvalue weighted by Gasteiger charge is -2.02. The molecule has 1 N–H and O–H groups in total. The number of phenolic OH excluding ortho intramolecular Hbond substituents is 1. The van der Waals surface area contributed by atoms with Crippen molar-refractivity contribution in [1.29, 1.82) is 0 Å². The molecule has 0 saturated heterocycles. The highest BCUT2D eigenvalue weighted by Gasteiger charge is 2.35. The van der Waals surface area contributed by atoms with Crippen LogP contribution in [-0.2, 0) is 0 Å². The van der Waals surface area contributed by atoms with Crippen LogP contribution in [0.2, 0.25) is 0 Å². The van der Waals surface area contributed by atoms with Gasteiger partial charge in [0.1, 0.15) is 6.07 Å². The first-order valence-corrected chi connectivity index (χ1v) is 4.07. The molecule has 1 aromatic rings. The lowest BCUT2D eigenvalue weighted by Crippen LogP contribution is -2.01. The molecule has 10 heteroatoms. The standard InChI is InChI=1S/C7H5N3O7/c1-3-6(10(16)17)4(8(12)13)2-5(7(3)11)9(14)15/h2,11H,1H3. The van der Waals surface area contributed by atoms with Gasteiger partial charge in [0.05, 0.1) is 20.3 Å². The van der Waals surface area contributed by atoms with E-state index in [2.05, 4.69) is 0 Å². The number of benzene rings is 1. The number of phenols is 1. The number of nitro benzene ring substituents is 3. The number of hydrogen-bond donors (Lipinski definition) is 1. The van der Waals surface area contributed by atoms with Crippen LogP contribution in [0.1, 0.15) is 5.56 Å². The highest BCUT2D eigenvalue weighted by molar-refractivity contribution is 5.69. The Morgan fingerprint density at radius 1 is 1.00 bits per heavy atom. The Kier molecular flexibility index (Phi) is 2.89. The summed E-state index contributed by atoms with van der Waals surface area (Å²) in [6.07, 6.45) is 0. The Labute approximate surface area is 92.5 Å². The molecular weight excluding hydrogens is 238 g/mol. The van der Waals surface area contributed by atoms with Crippen molar-refractivity contribution in [2.45, 2.75) is 6.92 Å². The average Bonchev–Trinajstić information content (AvgIpc) is 2.19. The Bertz CT molecular complexity index is 539. The summed E-state index contributed by atoms with van der Waals surface area (Å²) in [5.74, 6) is -0.952. The minimum Gasteiger partial charge on any atom is -0.502 e. The van der Waals surface area contributed by atoms with Crippen LogP contribution >= 0.6 is 0 Å². The first kappa shape index (κ1) is 12.3. The minimum absolute atomic E-state index is 0.362. The van der Waals surface area contributed by atoms with Crippen molar-refractivity contribution in [1.82, 2.24) is 0 Å². The highest BCUT2D eigenvalue weighted by Crippen LogP contribution is 2.42. The van der Waals surface area contributed by atoms with E-state index in [-0.39, 0.29) is 0 Å². The Morgan fingerprint density at radius 2 is 1.47 bits per heavy atom. The first-order valence-electron chi connectivity index (χ1n) is 4.07. The third-order valence-electron chi connectivity index (χ3n) is 2.05. The summed E-state index contributed by atoms with van der Waals surface area (Å²) in [5, 5.41) is 41.0. The fourth-order valence-corrected chi connectivity index (χ4v) is 1.27. The summed E-state index contributed by atoms with van der Waals surface area (Å²) < 4.78 is 0. The quantitative estimate of drug-likeness (QED) is 0.622. The Morgan fingerprint density at radius 3 is 1.82 bits per heavy atom. The zero-order valence-corrected chi connectivity index (χ0v) is 8.32.